The Labute approximate surface area is 77.9 Å². The number of carbonyl (C=O) groups excluding carboxylic acids is 1. The molecule has 1 aromatic rings. The van der Waals surface area contributed by atoms with E-state index in [-0.39, 0.29) is 5.91 Å². The average molecular weight is 178 g/mol. The number of aromatic amines is 1. The fourth-order valence-corrected chi connectivity index (χ4v) is 1.05. The van der Waals surface area contributed by atoms with Crippen molar-refractivity contribution in [3.05, 3.63) is 36.3 Å². The molecule has 0 saturated heterocycles. The molecule has 0 saturated carbocycles. The molecule has 0 aliphatic heterocycles. The number of amides is 1. The highest BCUT2D eigenvalue weighted by molar-refractivity contribution is 5.93. The molecular weight excluding hydrogens is 164 g/mol. The second kappa shape index (κ2) is 3.94. The Kier molecular flexibility index (Phi) is 2.90. The van der Waals surface area contributed by atoms with Crippen molar-refractivity contribution in [2.45, 2.75) is 19.8 Å². The second-order valence-corrected chi connectivity index (χ2v) is 3.18. The summed E-state index contributed by atoms with van der Waals surface area (Å²) >= 11 is 0. The van der Waals surface area contributed by atoms with Crippen molar-refractivity contribution in [2.75, 3.05) is 0 Å². The summed E-state index contributed by atoms with van der Waals surface area (Å²) in [7, 11) is 0. The zero-order chi connectivity index (χ0) is 9.84. The standard InChI is InChI=1S/C10H14N2O/c1-4-11-10(13)9-5-8(6-12-9)7(2)3/h4-7,12H,1H2,2-3H3,(H,11,13). The highest BCUT2D eigenvalue weighted by atomic mass is 16.1. The fourth-order valence-electron chi connectivity index (χ4n) is 1.05. The molecule has 13 heavy (non-hydrogen) atoms. The summed E-state index contributed by atoms with van der Waals surface area (Å²) in [5.41, 5.74) is 1.71. The Morgan fingerprint density at radius 2 is 2.38 bits per heavy atom. The third-order valence-corrected chi connectivity index (χ3v) is 1.85. The number of hydrogen-bond acceptors (Lipinski definition) is 1. The monoisotopic (exact) mass is 178 g/mol. The Hall–Kier alpha value is -1.51. The highest BCUT2D eigenvalue weighted by Crippen LogP contribution is 2.14. The van der Waals surface area contributed by atoms with Crippen molar-refractivity contribution < 1.29 is 4.79 Å². The van der Waals surface area contributed by atoms with Crippen LogP contribution in [0.3, 0.4) is 0 Å². The van der Waals surface area contributed by atoms with E-state index in [9.17, 15) is 4.79 Å². The lowest BCUT2D eigenvalue weighted by atomic mass is 10.1. The summed E-state index contributed by atoms with van der Waals surface area (Å²) in [6.45, 7) is 7.59. The molecule has 1 aromatic heterocycles. The molecule has 1 amide bonds. The number of aromatic nitrogens is 1. The number of hydrogen-bond donors (Lipinski definition) is 2. The van der Waals surface area contributed by atoms with Gasteiger partial charge in [-0.25, -0.2) is 0 Å². The zero-order valence-electron chi connectivity index (χ0n) is 7.92. The topological polar surface area (TPSA) is 44.9 Å². The molecule has 0 aromatic carbocycles. The van der Waals surface area contributed by atoms with Crippen LogP contribution in [0.5, 0.6) is 0 Å². The van der Waals surface area contributed by atoms with E-state index in [2.05, 4.69) is 30.7 Å². The highest BCUT2D eigenvalue weighted by Gasteiger charge is 2.08. The van der Waals surface area contributed by atoms with E-state index in [1.807, 2.05) is 12.3 Å². The van der Waals surface area contributed by atoms with E-state index in [0.29, 0.717) is 11.6 Å². The van der Waals surface area contributed by atoms with Gasteiger partial charge in [0.1, 0.15) is 5.69 Å². The SMILES string of the molecule is C=CNC(=O)c1cc(C(C)C)c[nH]1. The minimum absolute atomic E-state index is 0.151. The molecule has 0 fully saturated rings. The maximum atomic E-state index is 11.3. The maximum absolute atomic E-state index is 11.3. The van der Waals surface area contributed by atoms with Gasteiger partial charge in [-0.3, -0.25) is 4.79 Å². The van der Waals surface area contributed by atoms with Gasteiger partial charge in [-0.2, -0.15) is 0 Å². The molecule has 0 spiro atoms. The van der Waals surface area contributed by atoms with Crippen LogP contribution in [0.15, 0.2) is 25.0 Å². The first kappa shape index (κ1) is 9.58. The van der Waals surface area contributed by atoms with Crippen molar-refractivity contribution in [3.63, 3.8) is 0 Å². The Balaban J connectivity index is 2.79. The van der Waals surface area contributed by atoms with Gasteiger partial charge in [0.05, 0.1) is 0 Å². The van der Waals surface area contributed by atoms with Crippen LogP contribution in [0.4, 0.5) is 0 Å². The van der Waals surface area contributed by atoms with Gasteiger partial charge in [0, 0.05) is 6.20 Å². The predicted molar refractivity (Wildman–Crippen MR) is 52.5 cm³/mol. The number of carbonyl (C=O) groups is 1. The number of nitrogens with one attached hydrogen (secondary N) is 2. The van der Waals surface area contributed by atoms with Crippen molar-refractivity contribution in [3.8, 4) is 0 Å². The molecule has 0 aliphatic rings. The van der Waals surface area contributed by atoms with Gasteiger partial charge >= 0.3 is 0 Å². The number of rotatable bonds is 3. The average Bonchev–Trinajstić information content (AvgIpc) is 2.52. The second-order valence-electron chi connectivity index (χ2n) is 3.18. The van der Waals surface area contributed by atoms with Gasteiger partial charge in [-0.05, 0) is 23.7 Å². The summed E-state index contributed by atoms with van der Waals surface area (Å²) in [5.74, 6) is 0.281. The van der Waals surface area contributed by atoms with E-state index >= 15 is 0 Å². The predicted octanol–water partition coefficient (Wildman–Crippen LogP) is 2.01. The van der Waals surface area contributed by atoms with Gasteiger partial charge in [0.2, 0.25) is 0 Å². The molecule has 0 atom stereocenters. The van der Waals surface area contributed by atoms with E-state index in [1.165, 1.54) is 6.20 Å². The molecular formula is C10H14N2O. The van der Waals surface area contributed by atoms with Gasteiger partial charge in [-0.15, -0.1) is 0 Å². The van der Waals surface area contributed by atoms with Gasteiger partial charge in [0.25, 0.3) is 5.91 Å². The summed E-state index contributed by atoms with van der Waals surface area (Å²) in [4.78, 5) is 14.2. The molecule has 2 N–H and O–H groups in total. The van der Waals surface area contributed by atoms with Crippen LogP contribution in [0.2, 0.25) is 0 Å². The summed E-state index contributed by atoms with van der Waals surface area (Å²) in [6.07, 6.45) is 3.22. The fraction of sp³-hybridized carbons (Fsp3) is 0.300. The van der Waals surface area contributed by atoms with Crippen LogP contribution >= 0.6 is 0 Å². The van der Waals surface area contributed by atoms with Crippen LogP contribution in [0.25, 0.3) is 0 Å². The van der Waals surface area contributed by atoms with Crippen LogP contribution in [-0.4, -0.2) is 10.9 Å². The van der Waals surface area contributed by atoms with Gasteiger partial charge < -0.3 is 10.3 Å². The lowest BCUT2D eigenvalue weighted by Gasteiger charge is -1.97. The van der Waals surface area contributed by atoms with Crippen molar-refractivity contribution in [1.29, 1.82) is 0 Å². The Morgan fingerprint density at radius 1 is 1.69 bits per heavy atom. The van der Waals surface area contributed by atoms with E-state index in [0.717, 1.165) is 5.56 Å². The Morgan fingerprint density at radius 3 is 2.85 bits per heavy atom. The van der Waals surface area contributed by atoms with Crippen LogP contribution in [0.1, 0.15) is 35.8 Å². The third kappa shape index (κ3) is 2.21. The molecule has 0 radical (unpaired) electrons. The first-order valence-electron chi connectivity index (χ1n) is 4.25. The minimum atomic E-state index is -0.151. The van der Waals surface area contributed by atoms with Gasteiger partial charge in [-0.1, -0.05) is 20.4 Å². The summed E-state index contributed by atoms with van der Waals surface area (Å²) in [5, 5.41) is 2.51. The smallest absolute Gasteiger partial charge is 0.271 e. The third-order valence-electron chi connectivity index (χ3n) is 1.85. The van der Waals surface area contributed by atoms with Crippen molar-refractivity contribution in [2.24, 2.45) is 0 Å². The molecule has 0 bridgehead atoms. The largest absolute Gasteiger partial charge is 0.357 e. The molecule has 70 valence electrons. The molecule has 0 aliphatic carbocycles. The first-order valence-corrected chi connectivity index (χ1v) is 4.25. The minimum Gasteiger partial charge on any atom is -0.357 e. The normalized spacial score (nSPS) is 10.1. The quantitative estimate of drug-likeness (QED) is 0.730. The molecule has 3 nitrogen and oxygen atoms in total. The summed E-state index contributed by atoms with van der Waals surface area (Å²) in [6, 6.07) is 1.85. The van der Waals surface area contributed by atoms with Crippen molar-refractivity contribution in [1.82, 2.24) is 10.3 Å². The van der Waals surface area contributed by atoms with Crippen molar-refractivity contribution >= 4 is 5.91 Å². The maximum Gasteiger partial charge on any atom is 0.271 e. The first-order chi connectivity index (χ1) is 6.15. The molecule has 1 rings (SSSR count). The lowest BCUT2D eigenvalue weighted by molar-refractivity contribution is 0.0966. The summed E-state index contributed by atoms with van der Waals surface area (Å²) < 4.78 is 0. The van der Waals surface area contributed by atoms with Crippen LogP contribution in [-0.2, 0) is 0 Å². The number of H-pyrrole nitrogens is 1. The van der Waals surface area contributed by atoms with E-state index in [1.54, 1.807) is 0 Å². The van der Waals surface area contributed by atoms with Crippen LogP contribution < -0.4 is 5.32 Å². The molecule has 0 unspecified atom stereocenters. The molecule has 1 heterocycles. The van der Waals surface area contributed by atoms with Gasteiger partial charge in [0.15, 0.2) is 0 Å². The van der Waals surface area contributed by atoms with E-state index < -0.39 is 0 Å². The lowest BCUT2D eigenvalue weighted by Crippen LogP contribution is -2.16. The zero-order valence-corrected chi connectivity index (χ0v) is 7.92. The van der Waals surface area contributed by atoms with Crippen LogP contribution in [0, 0.1) is 0 Å². The molecule has 3 heteroatoms. The Bertz CT molecular complexity index is 312. The van der Waals surface area contributed by atoms with E-state index in [4.69, 9.17) is 0 Å².